The minimum Gasteiger partial charge on any atom is -0.478 e. The quantitative estimate of drug-likeness (QED) is 0.393. The number of furan rings is 1. The molecule has 1 N–H and O–H groups in total. The van der Waals surface area contributed by atoms with Gasteiger partial charge in [0.1, 0.15) is 15.8 Å². The topological polar surface area (TPSA) is 70.8 Å². The zero-order valence-electron chi connectivity index (χ0n) is 15.4. The summed E-state index contributed by atoms with van der Waals surface area (Å²) in [7, 11) is 0. The first-order valence-corrected chi connectivity index (χ1v) is 10.4. The molecule has 150 valence electrons. The van der Waals surface area contributed by atoms with Gasteiger partial charge in [-0.15, -0.1) is 0 Å². The van der Waals surface area contributed by atoms with Gasteiger partial charge in [0.05, 0.1) is 17.0 Å². The molecular weight excluding hydrogens is 442 g/mol. The second-order valence-corrected chi connectivity index (χ2v) is 8.59. The van der Waals surface area contributed by atoms with Gasteiger partial charge in [-0.2, -0.15) is 0 Å². The number of hydrogen-bond acceptors (Lipinski definition) is 5. The standard InChI is InChI=1S/C22H14ClNO4S2/c23-16-7-1-13(2-8-16)12-24-20(25)19(30-22(24)29)11-17-9-10-18(28-17)14-3-5-15(6-4-14)21(26)27/h1-11H,12H2,(H,26,27). The minimum absolute atomic E-state index is 0.177. The lowest BCUT2D eigenvalue weighted by Gasteiger charge is -2.14. The molecule has 3 aromatic rings. The number of nitrogens with zero attached hydrogens (tertiary/aromatic N) is 1. The number of thiocarbonyl (C=S) groups is 1. The van der Waals surface area contributed by atoms with Crippen LogP contribution >= 0.6 is 35.6 Å². The van der Waals surface area contributed by atoms with Crippen molar-refractivity contribution < 1.29 is 19.1 Å². The molecule has 8 heteroatoms. The molecule has 1 aromatic heterocycles. The van der Waals surface area contributed by atoms with Crippen LogP contribution in [0.4, 0.5) is 0 Å². The zero-order valence-corrected chi connectivity index (χ0v) is 17.8. The Labute approximate surface area is 186 Å². The van der Waals surface area contributed by atoms with Crippen LogP contribution < -0.4 is 0 Å². The van der Waals surface area contributed by atoms with Crippen LogP contribution in [0.15, 0.2) is 70.0 Å². The van der Waals surface area contributed by atoms with Crippen LogP contribution in [0.25, 0.3) is 17.4 Å². The summed E-state index contributed by atoms with van der Waals surface area (Å²) in [6.07, 6.45) is 1.66. The van der Waals surface area contributed by atoms with Gasteiger partial charge >= 0.3 is 5.97 Å². The SMILES string of the molecule is O=C(O)c1ccc(-c2ccc(C=C3SC(=S)N(Cc4ccc(Cl)cc4)C3=O)o2)cc1. The van der Waals surface area contributed by atoms with Crippen molar-refractivity contribution in [1.29, 1.82) is 0 Å². The summed E-state index contributed by atoms with van der Waals surface area (Å²) in [5, 5.41) is 9.63. The number of aromatic carboxylic acids is 1. The molecule has 0 unspecified atom stereocenters. The van der Waals surface area contributed by atoms with Gasteiger partial charge in [0.15, 0.2) is 0 Å². The summed E-state index contributed by atoms with van der Waals surface area (Å²) in [5.74, 6) is -0.0693. The first-order valence-electron chi connectivity index (χ1n) is 8.84. The molecule has 1 fully saturated rings. The maximum Gasteiger partial charge on any atom is 0.335 e. The molecule has 1 aliphatic rings. The van der Waals surface area contributed by atoms with Crippen molar-refractivity contribution in [3.8, 4) is 11.3 Å². The molecule has 5 nitrogen and oxygen atoms in total. The molecule has 2 heterocycles. The average Bonchev–Trinajstić information content (AvgIpc) is 3.30. The van der Waals surface area contributed by atoms with Crippen LogP contribution in [0.2, 0.25) is 5.02 Å². The van der Waals surface area contributed by atoms with Crippen LogP contribution in [-0.2, 0) is 11.3 Å². The Morgan fingerprint density at radius 1 is 1.10 bits per heavy atom. The van der Waals surface area contributed by atoms with E-state index in [1.807, 2.05) is 12.1 Å². The predicted octanol–water partition coefficient (Wildman–Crippen LogP) is 5.70. The maximum atomic E-state index is 12.8. The van der Waals surface area contributed by atoms with Crippen molar-refractivity contribution in [2.75, 3.05) is 0 Å². The number of hydrogen-bond donors (Lipinski definition) is 1. The highest BCUT2D eigenvalue weighted by Gasteiger charge is 2.32. The fourth-order valence-electron chi connectivity index (χ4n) is 2.90. The van der Waals surface area contributed by atoms with Crippen molar-refractivity contribution in [1.82, 2.24) is 4.90 Å². The Morgan fingerprint density at radius 2 is 1.80 bits per heavy atom. The lowest BCUT2D eigenvalue weighted by Crippen LogP contribution is -2.27. The third-order valence-electron chi connectivity index (χ3n) is 4.44. The fraction of sp³-hybridized carbons (Fsp3) is 0.0455. The molecule has 2 aromatic carbocycles. The lowest BCUT2D eigenvalue weighted by atomic mass is 10.1. The molecule has 4 rings (SSSR count). The van der Waals surface area contributed by atoms with Gasteiger partial charge in [0, 0.05) is 16.7 Å². The molecule has 1 amide bonds. The van der Waals surface area contributed by atoms with Crippen LogP contribution in [0, 0.1) is 0 Å². The van der Waals surface area contributed by atoms with Crippen LogP contribution in [0.3, 0.4) is 0 Å². The van der Waals surface area contributed by atoms with Gasteiger partial charge in [-0.1, -0.05) is 59.8 Å². The molecule has 0 bridgehead atoms. The maximum absolute atomic E-state index is 12.8. The largest absolute Gasteiger partial charge is 0.478 e. The van der Waals surface area contributed by atoms with Gasteiger partial charge < -0.3 is 9.52 Å². The second kappa shape index (κ2) is 8.47. The zero-order chi connectivity index (χ0) is 21.3. The number of carbonyl (C=O) groups excluding carboxylic acids is 1. The fourth-order valence-corrected chi connectivity index (χ4v) is 4.26. The molecule has 0 atom stereocenters. The number of halogens is 1. The Bertz CT molecular complexity index is 1170. The Balaban J connectivity index is 1.51. The highest BCUT2D eigenvalue weighted by molar-refractivity contribution is 8.26. The van der Waals surface area contributed by atoms with Gasteiger partial charge in [0.25, 0.3) is 5.91 Å². The summed E-state index contributed by atoms with van der Waals surface area (Å²) in [6, 6.07) is 17.2. The van der Waals surface area contributed by atoms with E-state index < -0.39 is 5.97 Å². The van der Waals surface area contributed by atoms with Crippen molar-refractivity contribution in [2.24, 2.45) is 0 Å². The number of carboxylic acids is 1. The predicted molar refractivity (Wildman–Crippen MR) is 121 cm³/mol. The number of carbonyl (C=O) groups is 2. The smallest absolute Gasteiger partial charge is 0.335 e. The summed E-state index contributed by atoms with van der Waals surface area (Å²) < 4.78 is 6.30. The normalized spacial score (nSPS) is 15.2. The van der Waals surface area contributed by atoms with E-state index >= 15 is 0 Å². The van der Waals surface area contributed by atoms with Crippen molar-refractivity contribution in [2.45, 2.75) is 6.54 Å². The van der Waals surface area contributed by atoms with E-state index in [4.69, 9.17) is 33.3 Å². The first kappa shape index (κ1) is 20.4. The van der Waals surface area contributed by atoms with Crippen molar-refractivity contribution >= 4 is 57.9 Å². The van der Waals surface area contributed by atoms with Gasteiger partial charge in [0.2, 0.25) is 0 Å². The summed E-state index contributed by atoms with van der Waals surface area (Å²) >= 11 is 12.5. The average molecular weight is 456 g/mol. The Morgan fingerprint density at radius 3 is 2.47 bits per heavy atom. The van der Waals surface area contributed by atoms with E-state index in [2.05, 4.69) is 0 Å². The molecule has 0 spiro atoms. The summed E-state index contributed by atoms with van der Waals surface area (Å²) in [6.45, 7) is 0.374. The van der Waals surface area contributed by atoms with E-state index in [1.165, 1.54) is 23.9 Å². The van der Waals surface area contributed by atoms with E-state index in [0.29, 0.717) is 32.3 Å². The number of carboxylic acid groups (broad SMARTS) is 1. The van der Waals surface area contributed by atoms with Crippen LogP contribution in [-0.4, -0.2) is 26.2 Å². The molecule has 1 saturated heterocycles. The number of thioether (sulfide) groups is 1. The summed E-state index contributed by atoms with van der Waals surface area (Å²) in [4.78, 5) is 25.8. The van der Waals surface area contributed by atoms with Gasteiger partial charge in [-0.25, -0.2) is 4.79 Å². The third kappa shape index (κ3) is 4.33. The number of benzene rings is 2. The molecule has 0 radical (unpaired) electrons. The van der Waals surface area contributed by atoms with Crippen molar-refractivity contribution in [3.63, 3.8) is 0 Å². The summed E-state index contributed by atoms with van der Waals surface area (Å²) in [5.41, 5.74) is 1.88. The minimum atomic E-state index is -0.984. The van der Waals surface area contributed by atoms with Crippen molar-refractivity contribution in [3.05, 3.63) is 87.5 Å². The Kier molecular flexibility index (Phi) is 5.76. The molecule has 0 aliphatic carbocycles. The molecule has 30 heavy (non-hydrogen) atoms. The number of rotatable bonds is 5. The third-order valence-corrected chi connectivity index (χ3v) is 6.07. The van der Waals surface area contributed by atoms with Gasteiger partial charge in [-0.3, -0.25) is 9.69 Å². The highest BCUT2D eigenvalue weighted by atomic mass is 35.5. The molecule has 0 saturated carbocycles. The molecular formula is C22H14ClNO4S2. The van der Waals surface area contributed by atoms with E-state index in [9.17, 15) is 9.59 Å². The Hall–Kier alpha value is -2.87. The van der Waals surface area contributed by atoms with E-state index in [0.717, 1.165) is 11.1 Å². The highest BCUT2D eigenvalue weighted by Crippen LogP contribution is 2.34. The number of amides is 1. The second-order valence-electron chi connectivity index (χ2n) is 6.48. The lowest BCUT2D eigenvalue weighted by molar-refractivity contribution is -0.122. The monoisotopic (exact) mass is 455 g/mol. The van der Waals surface area contributed by atoms with E-state index in [-0.39, 0.29) is 11.5 Å². The van der Waals surface area contributed by atoms with E-state index in [1.54, 1.807) is 47.4 Å². The van der Waals surface area contributed by atoms with Crippen LogP contribution in [0.5, 0.6) is 0 Å². The first-order chi connectivity index (χ1) is 14.4. The van der Waals surface area contributed by atoms with Gasteiger partial charge in [-0.05, 0) is 42.0 Å². The van der Waals surface area contributed by atoms with Crippen LogP contribution in [0.1, 0.15) is 21.7 Å². The molecule has 1 aliphatic heterocycles.